The summed E-state index contributed by atoms with van der Waals surface area (Å²) >= 11 is 0. The summed E-state index contributed by atoms with van der Waals surface area (Å²) in [6, 6.07) is -0.899. The number of esters is 1. The van der Waals surface area contributed by atoms with Crippen molar-refractivity contribution in [3.8, 4) is 0 Å². The average Bonchev–Trinajstić information content (AvgIpc) is 3.45. The SMILES string of the molecule is CC/C=C/C/C=C/C/C=C/CCCCCCCCC(=O)NC(COP(=O)([O-])OCC[N+](C)(C)C)C(/C=C\CCCCCCCCCCCCC)OC(=O)CCCCCCCCCCCCCCCC/C=C\C/C=C\C/C=C\CCCCC. The number of ether oxygens (including phenoxy) is 1. The van der Waals surface area contributed by atoms with Crippen LogP contribution in [-0.2, 0) is 27.9 Å². The molecule has 0 aromatic carbocycles. The third-order valence-corrected chi connectivity index (χ3v) is 16.0. The fourth-order valence-electron chi connectivity index (χ4n) is 9.78. The Morgan fingerprint density at radius 3 is 1.20 bits per heavy atom. The van der Waals surface area contributed by atoms with Gasteiger partial charge in [-0.1, -0.05) is 280 Å². The number of carbonyl (C=O) groups is 2. The molecule has 3 unspecified atom stereocenters. The number of phosphoric ester groups is 1. The van der Waals surface area contributed by atoms with E-state index in [4.69, 9.17) is 13.8 Å². The van der Waals surface area contributed by atoms with Crippen molar-refractivity contribution < 1.29 is 37.3 Å². The highest BCUT2D eigenvalue weighted by Crippen LogP contribution is 2.38. The molecule has 0 rings (SSSR count). The fourth-order valence-corrected chi connectivity index (χ4v) is 10.5. The predicted octanol–water partition coefficient (Wildman–Crippen LogP) is 21.1. The first-order chi connectivity index (χ1) is 39.9. The van der Waals surface area contributed by atoms with E-state index in [1.54, 1.807) is 0 Å². The van der Waals surface area contributed by atoms with Crippen molar-refractivity contribution in [3.63, 3.8) is 0 Å². The second kappa shape index (κ2) is 61.3. The highest BCUT2D eigenvalue weighted by atomic mass is 31.2. The highest BCUT2D eigenvalue weighted by Gasteiger charge is 2.27. The van der Waals surface area contributed by atoms with Gasteiger partial charge in [0.05, 0.1) is 33.8 Å². The van der Waals surface area contributed by atoms with Crippen molar-refractivity contribution in [1.82, 2.24) is 5.32 Å². The van der Waals surface area contributed by atoms with Crippen molar-refractivity contribution in [2.45, 2.75) is 322 Å². The third-order valence-electron chi connectivity index (χ3n) is 15.1. The molecule has 82 heavy (non-hydrogen) atoms. The minimum Gasteiger partial charge on any atom is -0.756 e. The van der Waals surface area contributed by atoms with E-state index in [2.05, 4.69) is 99.0 Å². The first-order valence-corrected chi connectivity index (χ1v) is 35.9. The minimum atomic E-state index is -4.71. The van der Waals surface area contributed by atoms with E-state index in [1.165, 1.54) is 161 Å². The average molecular weight is 1170 g/mol. The molecule has 476 valence electrons. The first-order valence-electron chi connectivity index (χ1n) is 34.4. The van der Waals surface area contributed by atoms with Gasteiger partial charge in [-0.2, -0.15) is 0 Å². The van der Waals surface area contributed by atoms with E-state index in [0.717, 1.165) is 116 Å². The van der Waals surface area contributed by atoms with Gasteiger partial charge in [-0.25, -0.2) is 0 Å². The molecule has 0 bridgehead atoms. The summed E-state index contributed by atoms with van der Waals surface area (Å²) in [5, 5.41) is 3.03. The molecular weight excluding hydrogens is 1040 g/mol. The summed E-state index contributed by atoms with van der Waals surface area (Å²) in [7, 11) is 1.17. The van der Waals surface area contributed by atoms with Gasteiger partial charge in [0.1, 0.15) is 19.3 Å². The quantitative estimate of drug-likeness (QED) is 0.0212. The highest BCUT2D eigenvalue weighted by molar-refractivity contribution is 7.45. The number of quaternary nitrogens is 1. The number of phosphoric acid groups is 1. The standard InChI is InChI=1S/C72H131N2O7P/c1-7-10-13-16-19-22-25-28-30-32-33-34-35-36-37-38-39-40-41-42-44-47-50-53-56-59-62-65-72(76)81-70(63-60-57-54-51-48-45-27-24-21-18-15-12-9-3)69(68-80-82(77,78)79-67-66-74(4,5)6)73-71(75)64-61-58-55-52-49-46-43-31-29-26-23-20-17-14-11-8-2/h11,14,19-20,22-23,28-31,33-34,60,63,69-70H,7-10,12-13,15-18,21,24-27,32,35-59,61-62,64-68H2,1-6H3,(H-,73,75,77,78)/b14-11+,22-19-,23-20+,30-28-,31-29+,34-33-,63-60-. The van der Waals surface area contributed by atoms with Crippen LogP contribution in [0.4, 0.5) is 0 Å². The van der Waals surface area contributed by atoms with Gasteiger partial charge in [0.15, 0.2) is 0 Å². The normalized spacial score (nSPS) is 14.1. The Labute approximate surface area is 507 Å². The van der Waals surface area contributed by atoms with Gasteiger partial charge in [-0.15, -0.1) is 0 Å². The van der Waals surface area contributed by atoms with E-state index in [1.807, 2.05) is 33.3 Å². The van der Waals surface area contributed by atoms with Crippen LogP contribution in [0.15, 0.2) is 85.1 Å². The van der Waals surface area contributed by atoms with Gasteiger partial charge in [0.25, 0.3) is 7.82 Å². The van der Waals surface area contributed by atoms with Gasteiger partial charge < -0.3 is 28.5 Å². The lowest BCUT2D eigenvalue weighted by molar-refractivity contribution is -0.870. The molecule has 0 radical (unpaired) electrons. The molecule has 0 fully saturated rings. The molecule has 3 atom stereocenters. The summed E-state index contributed by atoms with van der Waals surface area (Å²) in [4.78, 5) is 40.1. The number of carbonyl (C=O) groups excluding carboxylic acids is 2. The Bertz CT molecular complexity index is 1680. The van der Waals surface area contributed by atoms with Crippen molar-refractivity contribution in [1.29, 1.82) is 0 Å². The molecule has 1 N–H and O–H groups in total. The molecule has 0 saturated carbocycles. The van der Waals surface area contributed by atoms with E-state index in [9.17, 15) is 19.0 Å². The third kappa shape index (κ3) is 61.7. The Kier molecular flexibility index (Phi) is 59.2. The summed E-state index contributed by atoms with van der Waals surface area (Å²) in [5.41, 5.74) is 0. The molecular formula is C72H131N2O7P. The number of hydrogen-bond donors (Lipinski definition) is 1. The lowest BCUT2D eigenvalue weighted by Gasteiger charge is -2.30. The van der Waals surface area contributed by atoms with Crippen LogP contribution in [0, 0.1) is 0 Å². The van der Waals surface area contributed by atoms with Gasteiger partial charge in [0, 0.05) is 12.8 Å². The van der Waals surface area contributed by atoms with Crippen LogP contribution < -0.4 is 10.2 Å². The Morgan fingerprint density at radius 2 is 0.780 bits per heavy atom. The van der Waals surface area contributed by atoms with Crippen molar-refractivity contribution in [3.05, 3.63) is 85.1 Å². The van der Waals surface area contributed by atoms with Gasteiger partial charge in [-0.05, 0) is 102 Å². The van der Waals surface area contributed by atoms with E-state index < -0.39 is 26.6 Å². The Morgan fingerprint density at radius 1 is 0.439 bits per heavy atom. The maximum absolute atomic E-state index is 13.6. The lowest BCUT2D eigenvalue weighted by Crippen LogP contribution is -2.47. The van der Waals surface area contributed by atoms with E-state index in [-0.39, 0.29) is 24.9 Å². The Balaban J connectivity index is 5.08. The van der Waals surface area contributed by atoms with Gasteiger partial charge in [-0.3, -0.25) is 14.2 Å². The maximum Gasteiger partial charge on any atom is 0.306 e. The molecule has 0 aromatic heterocycles. The number of amides is 1. The van der Waals surface area contributed by atoms with Crippen LogP contribution in [0.3, 0.4) is 0 Å². The van der Waals surface area contributed by atoms with Crippen molar-refractivity contribution >= 4 is 19.7 Å². The number of rotatable bonds is 62. The Hall–Kier alpha value is -2.81. The molecule has 0 aliphatic rings. The molecule has 0 saturated heterocycles. The number of allylic oxidation sites excluding steroid dienone is 13. The zero-order valence-electron chi connectivity index (χ0n) is 54.4. The van der Waals surface area contributed by atoms with Crippen LogP contribution in [0.25, 0.3) is 0 Å². The van der Waals surface area contributed by atoms with E-state index >= 15 is 0 Å². The smallest absolute Gasteiger partial charge is 0.306 e. The molecule has 0 aromatic rings. The first kappa shape index (κ1) is 79.2. The number of nitrogens with one attached hydrogen (secondary N) is 1. The van der Waals surface area contributed by atoms with Crippen molar-refractivity contribution in [2.75, 3.05) is 40.9 Å². The van der Waals surface area contributed by atoms with Crippen LogP contribution in [0.1, 0.15) is 310 Å². The molecule has 0 aliphatic heterocycles. The summed E-state index contributed by atoms with van der Waals surface area (Å²) in [6.45, 7) is 6.72. The maximum atomic E-state index is 13.6. The molecule has 10 heteroatoms. The monoisotopic (exact) mass is 1170 g/mol. The molecule has 1 amide bonds. The van der Waals surface area contributed by atoms with Crippen LogP contribution in [0.5, 0.6) is 0 Å². The second-order valence-electron chi connectivity index (χ2n) is 24.3. The molecule has 0 aliphatic carbocycles. The molecule has 0 heterocycles. The number of hydrogen-bond acceptors (Lipinski definition) is 7. The zero-order valence-corrected chi connectivity index (χ0v) is 55.3. The second-order valence-corrected chi connectivity index (χ2v) is 25.7. The van der Waals surface area contributed by atoms with Crippen LogP contribution in [0.2, 0.25) is 0 Å². The number of likely N-dealkylation sites (N-methyl/N-ethyl adjacent to an activating group) is 1. The molecule has 9 nitrogen and oxygen atoms in total. The summed E-state index contributed by atoms with van der Waals surface area (Å²) in [5.74, 6) is -0.551. The van der Waals surface area contributed by atoms with Crippen molar-refractivity contribution in [2.24, 2.45) is 0 Å². The topological polar surface area (TPSA) is 114 Å². The van der Waals surface area contributed by atoms with Gasteiger partial charge >= 0.3 is 5.97 Å². The summed E-state index contributed by atoms with van der Waals surface area (Å²) in [6.07, 6.45) is 81.3. The lowest BCUT2D eigenvalue weighted by atomic mass is 10.0. The molecule has 0 spiro atoms. The van der Waals surface area contributed by atoms with Crippen LogP contribution >= 0.6 is 7.82 Å². The van der Waals surface area contributed by atoms with Crippen LogP contribution in [-0.4, -0.2) is 69.4 Å². The van der Waals surface area contributed by atoms with Gasteiger partial charge in [0.2, 0.25) is 5.91 Å². The largest absolute Gasteiger partial charge is 0.756 e. The number of nitrogens with zero attached hydrogens (tertiary/aromatic N) is 1. The fraction of sp³-hybridized carbons (Fsp3) is 0.778. The predicted molar refractivity (Wildman–Crippen MR) is 353 cm³/mol. The van der Waals surface area contributed by atoms with E-state index in [0.29, 0.717) is 17.4 Å². The summed E-state index contributed by atoms with van der Waals surface area (Å²) < 4.78 is 30.4. The zero-order chi connectivity index (χ0) is 60.0. The number of unbranched alkanes of at least 4 members (excludes halogenated alkanes) is 34. The minimum absolute atomic E-state index is 0.0274.